The van der Waals surface area contributed by atoms with Crippen LogP contribution in [0.2, 0.25) is 0 Å². The number of nitrogens with one attached hydrogen (secondary N) is 2. The Balaban J connectivity index is 1.53. The van der Waals surface area contributed by atoms with E-state index in [1.807, 2.05) is 0 Å². The Kier molecular flexibility index (Phi) is 6.05. The molecular weight excluding hydrogens is 348 g/mol. The van der Waals surface area contributed by atoms with Crippen molar-refractivity contribution >= 4 is 17.8 Å². The highest BCUT2D eigenvalue weighted by Crippen LogP contribution is 2.42. The first-order valence-electron chi connectivity index (χ1n) is 10.0. The number of carbonyl (C=O) groups is 3. The van der Waals surface area contributed by atoms with Gasteiger partial charge in [-0.15, -0.1) is 0 Å². The standard InChI is InChI=1S/C19H32N4O4/c1-13(2)10-15(22-6-8-27-9-7-22)11-20-16(24)12-23-17(25)19(3,14-4-5-14)21-18(23)26/h13-15H,4-12H2,1-3H3,(H,20,24)(H,21,26)/t15-,19-/m1/s1. The normalized spacial score (nSPS) is 27.8. The fourth-order valence-electron chi connectivity index (χ4n) is 4.08. The molecule has 0 spiro atoms. The monoisotopic (exact) mass is 380 g/mol. The quantitative estimate of drug-likeness (QED) is 0.601. The minimum atomic E-state index is -0.842. The third-order valence-corrected chi connectivity index (χ3v) is 5.84. The van der Waals surface area contributed by atoms with E-state index in [1.54, 1.807) is 6.92 Å². The van der Waals surface area contributed by atoms with Crippen molar-refractivity contribution in [2.75, 3.05) is 39.4 Å². The van der Waals surface area contributed by atoms with Gasteiger partial charge in [0.15, 0.2) is 0 Å². The summed E-state index contributed by atoms with van der Waals surface area (Å²) < 4.78 is 5.42. The van der Waals surface area contributed by atoms with Gasteiger partial charge in [-0.3, -0.25) is 19.4 Å². The van der Waals surface area contributed by atoms with E-state index < -0.39 is 11.6 Å². The van der Waals surface area contributed by atoms with E-state index in [0.717, 1.165) is 37.3 Å². The molecule has 2 atom stereocenters. The predicted molar refractivity (Wildman–Crippen MR) is 100 cm³/mol. The molecule has 0 unspecified atom stereocenters. The Morgan fingerprint density at radius 3 is 2.56 bits per heavy atom. The second-order valence-corrected chi connectivity index (χ2v) is 8.53. The topological polar surface area (TPSA) is 91.0 Å². The van der Waals surface area contributed by atoms with Crippen LogP contribution in [-0.2, 0) is 14.3 Å². The van der Waals surface area contributed by atoms with Crippen molar-refractivity contribution < 1.29 is 19.1 Å². The zero-order valence-electron chi connectivity index (χ0n) is 16.6. The van der Waals surface area contributed by atoms with E-state index >= 15 is 0 Å². The molecule has 27 heavy (non-hydrogen) atoms. The van der Waals surface area contributed by atoms with Crippen molar-refractivity contribution in [3.8, 4) is 0 Å². The maximum atomic E-state index is 12.6. The molecule has 1 aliphatic carbocycles. The zero-order chi connectivity index (χ0) is 19.6. The molecule has 152 valence electrons. The number of rotatable bonds is 8. The second kappa shape index (κ2) is 8.14. The lowest BCUT2D eigenvalue weighted by molar-refractivity contribution is -0.135. The number of nitrogens with zero attached hydrogens (tertiary/aromatic N) is 2. The minimum Gasteiger partial charge on any atom is -0.379 e. The van der Waals surface area contributed by atoms with Crippen LogP contribution < -0.4 is 10.6 Å². The molecule has 2 aliphatic heterocycles. The Hall–Kier alpha value is -1.67. The molecule has 2 saturated heterocycles. The fourth-order valence-corrected chi connectivity index (χ4v) is 4.08. The van der Waals surface area contributed by atoms with Gasteiger partial charge in [0.2, 0.25) is 5.91 Å². The number of ether oxygens (including phenoxy) is 1. The number of carbonyl (C=O) groups excluding carboxylic acids is 3. The summed E-state index contributed by atoms with van der Waals surface area (Å²) in [5.74, 6) is 0.135. The van der Waals surface area contributed by atoms with Gasteiger partial charge in [0, 0.05) is 25.7 Å². The van der Waals surface area contributed by atoms with Crippen LogP contribution in [0.3, 0.4) is 0 Å². The molecule has 8 heteroatoms. The molecule has 0 aromatic carbocycles. The van der Waals surface area contributed by atoms with Gasteiger partial charge in [0.1, 0.15) is 12.1 Å². The number of imide groups is 1. The summed E-state index contributed by atoms with van der Waals surface area (Å²) in [6, 6.07) is -0.228. The summed E-state index contributed by atoms with van der Waals surface area (Å²) in [5, 5.41) is 5.71. The van der Waals surface area contributed by atoms with E-state index in [0.29, 0.717) is 25.7 Å². The first kappa shape index (κ1) is 20.1. The maximum absolute atomic E-state index is 12.6. The SMILES string of the molecule is CC(C)C[C@H](CNC(=O)CN1C(=O)N[C@](C)(C2CC2)C1=O)N1CCOCC1. The van der Waals surface area contributed by atoms with Gasteiger partial charge in [-0.05, 0) is 38.0 Å². The second-order valence-electron chi connectivity index (χ2n) is 8.53. The summed E-state index contributed by atoms with van der Waals surface area (Å²) in [6.07, 6.45) is 2.86. The van der Waals surface area contributed by atoms with E-state index in [2.05, 4.69) is 29.4 Å². The van der Waals surface area contributed by atoms with Gasteiger partial charge in [-0.1, -0.05) is 13.8 Å². The molecule has 0 radical (unpaired) electrons. The molecular formula is C19H32N4O4. The van der Waals surface area contributed by atoms with Crippen LogP contribution in [0.1, 0.15) is 40.0 Å². The lowest BCUT2D eigenvalue weighted by Gasteiger charge is -2.35. The van der Waals surface area contributed by atoms with Crippen LogP contribution in [0.15, 0.2) is 0 Å². The molecule has 3 fully saturated rings. The van der Waals surface area contributed by atoms with Gasteiger partial charge in [0.25, 0.3) is 5.91 Å². The highest BCUT2D eigenvalue weighted by Gasteiger charge is 2.56. The first-order chi connectivity index (χ1) is 12.8. The largest absolute Gasteiger partial charge is 0.379 e. The van der Waals surface area contributed by atoms with Crippen LogP contribution >= 0.6 is 0 Å². The molecule has 0 aromatic heterocycles. The molecule has 0 bridgehead atoms. The van der Waals surface area contributed by atoms with Crippen molar-refractivity contribution in [3.63, 3.8) is 0 Å². The van der Waals surface area contributed by atoms with Crippen LogP contribution in [-0.4, -0.2) is 78.6 Å². The molecule has 3 rings (SSSR count). The number of urea groups is 1. The highest BCUT2D eigenvalue weighted by atomic mass is 16.5. The average molecular weight is 380 g/mol. The van der Waals surface area contributed by atoms with Crippen molar-refractivity contribution in [1.82, 2.24) is 20.4 Å². The Labute approximate surface area is 161 Å². The predicted octanol–water partition coefficient (Wildman–Crippen LogP) is 0.570. The molecule has 2 heterocycles. The van der Waals surface area contributed by atoms with E-state index in [9.17, 15) is 14.4 Å². The first-order valence-corrected chi connectivity index (χ1v) is 10.0. The smallest absolute Gasteiger partial charge is 0.325 e. The summed E-state index contributed by atoms with van der Waals surface area (Å²) in [5.41, 5.74) is -0.842. The minimum absolute atomic E-state index is 0.193. The van der Waals surface area contributed by atoms with Gasteiger partial charge in [0.05, 0.1) is 13.2 Å². The average Bonchev–Trinajstić information content (AvgIpc) is 3.45. The summed E-state index contributed by atoms with van der Waals surface area (Å²) in [7, 11) is 0. The third-order valence-electron chi connectivity index (χ3n) is 5.84. The molecule has 3 aliphatic rings. The summed E-state index contributed by atoms with van der Waals surface area (Å²) >= 11 is 0. The number of hydrogen-bond acceptors (Lipinski definition) is 5. The maximum Gasteiger partial charge on any atom is 0.325 e. The van der Waals surface area contributed by atoms with Crippen LogP contribution in [0.5, 0.6) is 0 Å². The molecule has 1 saturated carbocycles. The van der Waals surface area contributed by atoms with Crippen LogP contribution in [0, 0.1) is 11.8 Å². The van der Waals surface area contributed by atoms with Gasteiger partial charge >= 0.3 is 6.03 Å². The van der Waals surface area contributed by atoms with Crippen molar-refractivity contribution in [1.29, 1.82) is 0 Å². The third kappa shape index (κ3) is 4.60. The molecule has 8 nitrogen and oxygen atoms in total. The Morgan fingerprint density at radius 2 is 1.96 bits per heavy atom. The number of morpholine rings is 1. The van der Waals surface area contributed by atoms with Gasteiger partial charge < -0.3 is 15.4 Å². The Bertz CT molecular complexity index is 586. The molecule has 0 aromatic rings. The Morgan fingerprint density at radius 1 is 1.30 bits per heavy atom. The highest BCUT2D eigenvalue weighted by molar-refractivity contribution is 6.09. The van der Waals surface area contributed by atoms with E-state index in [4.69, 9.17) is 4.74 Å². The fraction of sp³-hybridized carbons (Fsp3) is 0.842. The number of hydrogen-bond donors (Lipinski definition) is 2. The zero-order valence-corrected chi connectivity index (χ0v) is 16.6. The van der Waals surface area contributed by atoms with Gasteiger partial charge in [-0.25, -0.2) is 4.79 Å². The lowest BCUT2D eigenvalue weighted by Crippen LogP contribution is -2.51. The van der Waals surface area contributed by atoms with E-state index in [-0.39, 0.29) is 30.3 Å². The van der Waals surface area contributed by atoms with Crippen LogP contribution in [0.4, 0.5) is 4.79 Å². The van der Waals surface area contributed by atoms with Gasteiger partial charge in [-0.2, -0.15) is 0 Å². The summed E-state index contributed by atoms with van der Waals surface area (Å²) in [4.78, 5) is 40.7. The molecule has 2 N–H and O–H groups in total. The lowest BCUT2D eigenvalue weighted by atomic mass is 9.96. The van der Waals surface area contributed by atoms with Crippen molar-refractivity contribution in [2.45, 2.75) is 51.6 Å². The molecule has 4 amide bonds. The van der Waals surface area contributed by atoms with E-state index in [1.165, 1.54) is 0 Å². The summed E-state index contributed by atoms with van der Waals surface area (Å²) in [6.45, 7) is 9.54. The number of amides is 4. The van der Waals surface area contributed by atoms with Crippen LogP contribution in [0.25, 0.3) is 0 Å². The van der Waals surface area contributed by atoms with Crippen molar-refractivity contribution in [2.24, 2.45) is 11.8 Å². The van der Waals surface area contributed by atoms with Crippen molar-refractivity contribution in [3.05, 3.63) is 0 Å².